The van der Waals surface area contributed by atoms with Gasteiger partial charge in [-0.15, -0.1) is 6.58 Å². The molecule has 0 saturated heterocycles. The van der Waals surface area contributed by atoms with E-state index in [0.29, 0.717) is 18.8 Å². The van der Waals surface area contributed by atoms with E-state index in [1.807, 2.05) is 31.2 Å². The van der Waals surface area contributed by atoms with Crippen molar-refractivity contribution in [1.29, 1.82) is 0 Å². The van der Waals surface area contributed by atoms with E-state index in [-0.39, 0.29) is 24.4 Å². The van der Waals surface area contributed by atoms with Gasteiger partial charge in [0.15, 0.2) is 0 Å². The lowest BCUT2D eigenvalue weighted by atomic mass is 10.2. The standard InChI is InChI=1S/C17H22N4O2/c1-3-8-18-12(2)10-19-16(22)11-20-17(23)15-9-13-6-4-5-7-14(13)21-15/h3-7,9,12,18,21H,1,8,10-11H2,2H3,(H,19,22)(H,20,23). The summed E-state index contributed by atoms with van der Waals surface area (Å²) in [4.78, 5) is 26.8. The molecular formula is C17H22N4O2. The van der Waals surface area contributed by atoms with Crippen LogP contribution in [0.2, 0.25) is 0 Å². The molecule has 0 bridgehead atoms. The molecule has 0 aliphatic heterocycles. The highest BCUT2D eigenvalue weighted by Gasteiger charge is 2.11. The third kappa shape index (κ3) is 4.96. The van der Waals surface area contributed by atoms with Crippen molar-refractivity contribution in [1.82, 2.24) is 20.9 Å². The average Bonchev–Trinajstić information content (AvgIpc) is 3.00. The summed E-state index contributed by atoms with van der Waals surface area (Å²) in [5.74, 6) is -0.518. The first kappa shape index (κ1) is 16.8. The summed E-state index contributed by atoms with van der Waals surface area (Å²) in [6.07, 6.45) is 1.76. The van der Waals surface area contributed by atoms with Crippen LogP contribution in [0.4, 0.5) is 0 Å². The van der Waals surface area contributed by atoms with E-state index >= 15 is 0 Å². The molecule has 1 heterocycles. The number of fused-ring (bicyclic) bond motifs is 1. The van der Waals surface area contributed by atoms with Crippen LogP contribution in [-0.2, 0) is 4.79 Å². The second kappa shape index (κ2) is 8.14. The summed E-state index contributed by atoms with van der Waals surface area (Å²) in [6.45, 7) is 6.72. The van der Waals surface area contributed by atoms with Crippen molar-refractivity contribution < 1.29 is 9.59 Å². The number of carbonyl (C=O) groups is 2. The zero-order valence-electron chi connectivity index (χ0n) is 13.2. The van der Waals surface area contributed by atoms with Crippen molar-refractivity contribution in [2.24, 2.45) is 0 Å². The van der Waals surface area contributed by atoms with Crippen LogP contribution in [0.15, 0.2) is 43.0 Å². The van der Waals surface area contributed by atoms with Crippen LogP contribution in [0.3, 0.4) is 0 Å². The number of H-pyrrole nitrogens is 1. The van der Waals surface area contributed by atoms with Gasteiger partial charge in [0.25, 0.3) is 5.91 Å². The van der Waals surface area contributed by atoms with Gasteiger partial charge in [-0.3, -0.25) is 9.59 Å². The molecule has 0 fully saturated rings. The molecule has 1 aromatic heterocycles. The Morgan fingerprint density at radius 1 is 1.30 bits per heavy atom. The first-order chi connectivity index (χ1) is 11.1. The maximum Gasteiger partial charge on any atom is 0.268 e. The van der Waals surface area contributed by atoms with Crippen molar-refractivity contribution in [2.75, 3.05) is 19.6 Å². The second-order valence-corrected chi connectivity index (χ2v) is 5.35. The van der Waals surface area contributed by atoms with E-state index in [0.717, 1.165) is 10.9 Å². The summed E-state index contributed by atoms with van der Waals surface area (Å²) < 4.78 is 0. The summed E-state index contributed by atoms with van der Waals surface area (Å²) >= 11 is 0. The Morgan fingerprint density at radius 3 is 2.83 bits per heavy atom. The van der Waals surface area contributed by atoms with Crippen molar-refractivity contribution in [3.8, 4) is 0 Å². The van der Waals surface area contributed by atoms with Gasteiger partial charge in [-0.2, -0.15) is 0 Å². The van der Waals surface area contributed by atoms with Crippen LogP contribution in [0, 0.1) is 0 Å². The number of carbonyl (C=O) groups excluding carboxylic acids is 2. The predicted octanol–water partition coefficient (Wildman–Crippen LogP) is 1.18. The molecule has 1 aromatic carbocycles. The zero-order valence-corrected chi connectivity index (χ0v) is 13.2. The highest BCUT2D eigenvalue weighted by molar-refractivity contribution is 5.99. The molecule has 6 heteroatoms. The van der Waals surface area contributed by atoms with Gasteiger partial charge in [-0.05, 0) is 19.1 Å². The molecule has 122 valence electrons. The molecule has 6 nitrogen and oxygen atoms in total. The van der Waals surface area contributed by atoms with Crippen molar-refractivity contribution in [3.63, 3.8) is 0 Å². The molecule has 1 unspecified atom stereocenters. The number of hydrogen-bond acceptors (Lipinski definition) is 3. The summed E-state index contributed by atoms with van der Waals surface area (Å²) in [5, 5.41) is 9.50. The van der Waals surface area contributed by atoms with Crippen LogP contribution < -0.4 is 16.0 Å². The lowest BCUT2D eigenvalue weighted by Crippen LogP contribution is -2.43. The highest BCUT2D eigenvalue weighted by Crippen LogP contribution is 2.14. The van der Waals surface area contributed by atoms with Gasteiger partial charge in [0, 0.05) is 30.0 Å². The molecule has 1 atom stereocenters. The number of hydrogen-bond donors (Lipinski definition) is 4. The first-order valence-corrected chi connectivity index (χ1v) is 7.57. The number of benzene rings is 1. The molecule has 2 amide bonds. The number of nitrogens with one attached hydrogen (secondary N) is 4. The van der Waals surface area contributed by atoms with Crippen molar-refractivity contribution in [2.45, 2.75) is 13.0 Å². The molecule has 23 heavy (non-hydrogen) atoms. The average molecular weight is 314 g/mol. The molecule has 0 aliphatic carbocycles. The molecule has 2 rings (SSSR count). The lowest BCUT2D eigenvalue weighted by Gasteiger charge is -2.13. The normalized spacial score (nSPS) is 11.9. The Labute approximate surface area is 135 Å². The minimum absolute atomic E-state index is 0.0532. The van der Waals surface area contributed by atoms with Gasteiger partial charge in [0.05, 0.1) is 6.54 Å². The van der Waals surface area contributed by atoms with Crippen LogP contribution in [-0.4, -0.2) is 42.5 Å². The van der Waals surface area contributed by atoms with E-state index < -0.39 is 0 Å². The first-order valence-electron chi connectivity index (χ1n) is 7.57. The van der Waals surface area contributed by atoms with Crippen molar-refractivity contribution >= 4 is 22.7 Å². The fraction of sp³-hybridized carbons (Fsp3) is 0.294. The number of aromatic nitrogens is 1. The number of rotatable bonds is 8. The Bertz CT molecular complexity index is 660. The van der Waals surface area contributed by atoms with E-state index in [2.05, 4.69) is 27.5 Å². The fourth-order valence-electron chi connectivity index (χ4n) is 2.14. The van der Waals surface area contributed by atoms with Gasteiger partial charge < -0.3 is 20.9 Å². The zero-order chi connectivity index (χ0) is 16.7. The summed E-state index contributed by atoms with van der Waals surface area (Å²) in [7, 11) is 0. The topological polar surface area (TPSA) is 86.0 Å². The number of aromatic amines is 1. The van der Waals surface area contributed by atoms with Gasteiger partial charge in [-0.25, -0.2) is 0 Å². The Hall–Kier alpha value is -2.60. The number of para-hydroxylation sites is 1. The minimum Gasteiger partial charge on any atom is -0.353 e. The number of amides is 2. The third-order valence-corrected chi connectivity index (χ3v) is 3.40. The molecule has 0 saturated carbocycles. The molecule has 2 aromatic rings. The lowest BCUT2D eigenvalue weighted by molar-refractivity contribution is -0.120. The quantitative estimate of drug-likeness (QED) is 0.552. The Balaban J connectivity index is 1.77. The van der Waals surface area contributed by atoms with Crippen LogP contribution in [0.1, 0.15) is 17.4 Å². The fourth-order valence-corrected chi connectivity index (χ4v) is 2.14. The Morgan fingerprint density at radius 2 is 2.09 bits per heavy atom. The van der Waals surface area contributed by atoms with Gasteiger partial charge in [0.1, 0.15) is 5.69 Å². The van der Waals surface area contributed by atoms with Crippen LogP contribution >= 0.6 is 0 Å². The highest BCUT2D eigenvalue weighted by atomic mass is 16.2. The molecule has 0 spiro atoms. The summed E-state index contributed by atoms with van der Waals surface area (Å²) in [5.41, 5.74) is 1.34. The molecule has 0 radical (unpaired) electrons. The molecule has 0 aliphatic rings. The second-order valence-electron chi connectivity index (χ2n) is 5.35. The Kier molecular flexibility index (Phi) is 5.94. The molecular weight excluding hydrogens is 292 g/mol. The maximum absolute atomic E-state index is 12.1. The predicted molar refractivity (Wildman–Crippen MR) is 91.3 cm³/mol. The van der Waals surface area contributed by atoms with E-state index in [1.165, 1.54) is 0 Å². The van der Waals surface area contributed by atoms with Crippen molar-refractivity contribution in [3.05, 3.63) is 48.7 Å². The van der Waals surface area contributed by atoms with Crippen LogP contribution in [0.5, 0.6) is 0 Å². The summed E-state index contributed by atoms with van der Waals surface area (Å²) in [6, 6.07) is 9.54. The van der Waals surface area contributed by atoms with Gasteiger partial charge in [0.2, 0.25) is 5.91 Å². The monoisotopic (exact) mass is 314 g/mol. The van der Waals surface area contributed by atoms with E-state index in [9.17, 15) is 9.59 Å². The maximum atomic E-state index is 12.1. The largest absolute Gasteiger partial charge is 0.353 e. The minimum atomic E-state index is -0.297. The van der Waals surface area contributed by atoms with E-state index in [1.54, 1.807) is 12.1 Å². The van der Waals surface area contributed by atoms with E-state index in [4.69, 9.17) is 0 Å². The SMILES string of the molecule is C=CCNC(C)CNC(=O)CNC(=O)c1cc2ccccc2[nH]1. The smallest absolute Gasteiger partial charge is 0.268 e. The molecule has 4 N–H and O–H groups in total. The van der Waals surface area contributed by atoms with Gasteiger partial charge in [-0.1, -0.05) is 24.3 Å². The van der Waals surface area contributed by atoms with Crippen LogP contribution in [0.25, 0.3) is 10.9 Å². The van der Waals surface area contributed by atoms with Gasteiger partial charge >= 0.3 is 0 Å². The third-order valence-electron chi connectivity index (χ3n) is 3.40.